The molecule has 21 heavy (non-hydrogen) atoms. The molecule has 0 unspecified atom stereocenters. The number of nitrogens with one attached hydrogen (secondary N) is 2. The molecule has 0 spiro atoms. The molecular weight excluding hydrogens is 332 g/mol. The van der Waals surface area contributed by atoms with Gasteiger partial charge in [-0.1, -0.05) is 34.1 Å². The van der Waals surface area contributed by atoms with E-state index >= 15 is 0 Å². The number of aromatic nitrogens is 2. The van der Waals surface area contributed by atoms with E-state index < -0.39 is 0 Å². The molecular formula is C15H15BrN4O. The Kier molecular flexibility index (Phi) is 4.15. The van der Waals surface area contributed by atoms with E-state index in [2.05, 4.69) is 36.8 Å². The Morgan fingerprint density at radius 1 is 1.14 bits per heavy atom. The number of anilines is 2. The van der Waals surface area contributed by atoms with Crippen LogP contribution < -0.4 is 10.6 Å². The van der Waals surface area contributed by atoms with Crippen LogP contribution in [0, 0.1) is 0 Å². The number of carbonyl (C=O) groups excluding carboxylic acids is 1. The molecule has 1 heterocycles. The van der Waals surface area contributed by atoms with Crippen LogP contribution >= 0.6 is 15.9 Å². The lowest BCUT2D eigenvalue weighted by molar-refractivity contribution is -0.115. The maximum Gasteiger partial charge on any atom is 0.230 e. The fourth-order valence-corrected chi connectivity index (χ4v) is 2.34. The Bertz CT molecular complexity index is 640. The minimum absolute atomic E-state index is 0.112. The van der Waals surface area contributed by atoms with Crippen molar-refractivity contribution in [2.24, 2.45) is 0 Å². The Hall–Kier alpha value is -1.95. The Morgan fingerprint density at radius 3 is 2.52 bits per heavy atom. The molecule has 1 amide bonds. The fraction of sp³-hybridized carbons (Fsp3) is 0.267. The molecule has 1 aromatic carbocycles. The molecule has 1 fully saturated rings. The average Bonchev–Trinajstić information content (AvgIpc) is 3.28. The van der Waals surface area contributed by atoms with Crippen LogP contribution in [0.25, 0.3) is 0 Å². The van der Waals surface area contributed by atoms with Gasteiger partial charge in [-0.25, -0.2) is 0 Å². The fourth-order valence-electron chi connectivity index (χ4n) is 1.91. The zero-order chi connectivity index (χ0) is 14.7. The lowest BCUT2D eigenvalue weighted by Crippen LogP contribution is -2.16. The Labute approximate surface area is 131 Å². The second-order valence-electron chi connectivity index (χ2n) is 5.04. The van der Waals surface area contributed by atoms with E-state index in [0.29, 0.717) is 18.3 Å². The third kappa shape index (κ3) is 4.01. The molecule has 108 valence electrons. The number of hydrogen-bond donors (Lipinski definition) is 2. The van der Waals surface area contributed by atoms with E-state index in [4.69, 9.17) is 0 Å². The molecule has 1 aliphatic rings. The van der Waals surface area contributed by atoms with Gasteiger partial charge in [0, 0.05) is 10.5 Å². The van der Waals surface area contributed by atoms with Crippen LogP contribution in [-0.2, 0) is 11.2 Å². The third-order valence-corrected chi connectivity index (χ3v) is 3.94. The summed E-state index contributed by atoms with van der Waals surface area (Å²) in [7, 11) is 0. The van der Waals surface area contributed by atoms with Crippen LogP contribution in [0.2, 0.25) is 0 Å². The Balaban J connectivity index is 1.57. The lowest BCUT2D eigenvalue weighted by Gasteiger charge is -2.07. The van der Waals surface area contributed by atoms with Crippen LogP contribution in [0.5, 0.6) is 0 Å². The smallest absolute Gasteiger partial charge is 0.230 e. The molecule has 2 N–H and O–H groups in total. The molecule has 1 aliphatic carbocycles. The quantitative estimate of drug-likeness (QED) is 0.873. The number of benzene rings is 1. The predicted octanol–water partition coefficient (Wildman–Crippen LogP) is 2.99. The maximum absolute atomic E-state index is 12.0. The van der Waals surface area contributed by atoms with Crippen molar-refractivity contribution in [1.82, 2.24) is 10.2 Å². The summed E-state index contributed by atoms with van der Waals surface area (Å²) >= 11 is 3.43. The van der Waals surface area contributed by atoms with Gasteiger partial charge in [-0.15, -0.1) is 10.2 Å². The Morgan fingerprint density at radius 2 is 1.86 bits per heavy atom. The molecule has 6 heteroatoms. The minimum Gasteiger partial charge on any atom is -0.366 e. The van der Waals surface area contributed by atoms with Gasteiger partial charge in [-0.2, -0.15) is 0 Å². The van der Waals surface area contributed by atoms with Crippen molar-refractivity contribution >= 4 is 33.5 Å². The van der Waals surface area contributed by atoms with Gasteiger partial charge < -0.3 is 10.6 Å². The van der Waals surface area contributed by atoms with Crippen molar-refractivity contribution in [1.29, 1.82) is 0 Å². The van der Waals surface area contributed by atoms with Gasteiger partial charge in [0.2, 0.25) is 5.91 Å². The van der Waals surface area contributed by atoms with Crippen molar-refractivity contribution in [3.8, 4) is 0 Å². The van der Waals surface area contributed by atoms with E-state index in [1.54, 1.807) is 6.07 Å². The summed E-state index contributed by atoms with van der Waals surface area (Å²) in [5.74, 6) is 1.11. The number of amides is 1. The first kappa shape index (κ1) is 14.0. The first-order valence-electron chi connectivity index (χ1n) is 6.84. The van der Waals surface area contributed by atoms with Gasteiger partial charge in [0.1, 0.15) is 5.82 Å². The van der Waals surface area contributed by atoms with Gasteiger partial charge in [0.05, 0.1) is 6.42 Å². The van der Waals surface area contributed by atoms with E-state index in [1.165, 1.54) is 12.8 Å². The number of rotatable bonds is 5. The lowest BCUT2D eigenvalue weighted by atomic mass is 10.1. The second-order valence-corrected chi connectivity index (χ2v) is 5.89. The van der Waals surface area contributed by atoms with Crippen molar-refractivity contribution < 1.29 is 4.79 Å². The summed E-state index contributed by atoms with van der Waals surface area (Å²) in [6, 6.07) is 11.8. The van der Waals surface area contributed by atoms with Crippen LogP contribution in [0.1, 0.15) is 18.4 Å². The highest BCUT2D eigenvalue weighted by Gasteiger charge is 2.21. The normalized spacial score (nSPS) is 13.8. The standard InChI is InChI=1S/C15H15BrN4O/c16-12-4-2-1-3-10(12)9-15(21)18-14-8-7-13(19-20-14)17-11-5-6-11/h1-4,7-8,11H,5-6,9H2,(H,17,19)(H,18,20,21). The molecule has 1 aromatic heterocycles. The van der Waals surface area contributed by atoms with Crippen molar-refractivity contribution in [3.63, 3.8) is 0 Å². The first-order valence-corrected chi connectivity index (χ1v) is 7.63. The highest BCUT2D eigenvalue weighted by Crippen LogP contribution is 2.23. The molecule has 0 radical (unpaired) electrons. The molecule has 0 atom stereocenters. The van der Waals surface area contributed by atoms with Crippen molar-refractivity contribution in [2.45, 2.75) is 25.3 Å². The summed E-state index contributed by atoms with van der Waals surface area (Å²) in [5.41, 5.74) is 0.940. The molecule has 5 nitrogen and oxygen atoms in total. The first-order chi connectivity index (χ1) is 10.2. The average molecular weight is 347 g/mol. The summed E-state index contributed by atoms with van der Waals surface area (Å²) in [4.78, 5) is 12.0. The zero-order valence-corrected chi connectivity index (χ0v) is 12.9. The summed E-state index contributed by atoms with van der Waals surface area (Å²) in [5, 5.41) is 14.1. The summed E-state index contributed by atoms with van der Waals surface area (Å²) in [6.07, 6.45) is 2.67. The SMILES string of the molecule is O=C(Cc1ccccc1Br)Nc1ccc(NC2CC2)nn1. The zero-order valence-electron chi connectivity index (χ0n) is 11.3. The van der Waals surface area contributed by atoms with Gasteiger partial charge >= 0.3 is 0 Å². The highest BCUT2D eigenvalue weighted by atomic mass is 79.9. The predicted molar refractivity (Wildman–Crippen MR) is 85.2 cm³/mol. The van der Waals surface area contributed by atoms with Crippen LogP contribution in [0.15, 0.2) is 40.9 Å². The number of hydrogen-bond acceptors (Lipinski definition) is 4. The highest BCUT2D eigenvalue weighted by molar-refractivity contribution is 9.10. The van der Waals surface area contributed by atoms with Crippen molar-refractivity contribution in [2.75, 3.05) is 10.6 Å². The third-order valence-electron chi connectivity index (χ3n) is 3.17. The monoisotopic (exact) mass is 346 g/mol. The number of halogens is 1. The molecule has 0 aliphatic heterocycles. The molecule has 0 bridgehead atoms. The molecule has 1 saturated carbocycles. The minimum atomic E-state index is -0.112. The van der Waals surface area contributed by atoms with E-state index in [1.807, 2.05) is 30.3 Å². The molecule has 2 aromatic rings. The topological polar surface area (TPSA) is 66.9 Å². The molecule has 3 rings (SSSR count). The maximum atomic E-state index is 12.0. The summed E-state index contributed by atoms with van der Waals surface area (Å²) < 4.78 is 0.926. The summed E-state index contributed by atoms with van der Waals surface area (Å²) in [6.45, 7) is 0. The van der Waals surface area contributed by atoms with Gasteiger partial charge in [-0.05, 0) is 36.6 Å². The van der Waals surface area contributed by atoms with Crippen LogP contribution in [0.4, 0.5) is 11.6 Å². The van der Waals surface area contributed by atoms with E-state index in [9.17, 15) is 4.79 Å². The largest absolute Gasteiger partial charge is 0.366 e. The van der Waals surface area contributed by atoms with Gasteiger partial charge in [0.15, 0.2) is 5.82 Å². The second kappa shape index (κ2) is 6.22. The van der Waals surface area contributed by atoms with Crippen molar-refractivity contribution in [3.05, 3.63) is 46.4 Å². The van der Waals surface area contributed by atoms with Gasteiger partial charge in [0.25, 0.3) is 0 Å². The van der Waals surface area contributed by atoms with E-state index in [-0.39, 0.29) is 5.91 Å². The number of carbonyl (C=O) groups is 1. The van der Waals surface area contributed by atoms with Crippen LogP contribution in [0.3, 0.4) is 0 Å². The van der Waals surface area contributed by atoms with Crippen LogP contribution in [-0.4, -0.2) is 22.1 Å². The van der Waals surface area contributed by atoms with E-state index in [0.717, 1.165) is 15.9 Å². The van der Waals surface area contributed by atoms with Gasteiger partial charge in [-0.3, -0.25) is 4.79 Å². The number of nitrogens with zero attached hydrogens (tertiary/aromatic N) is 2. The molecule has 0 saturated heterocycles.